The number of carbonyl (C=O) groups is 2. The molecule has 4 nitrogen and oxygen atoms in total. The Kier molecular flexibility index (Phi) is 7.70. The van der Waals surface area contributed by atoms with E-state index in [0.29, 0.717) is 13.2 Å². The predicted octanol–water partition coefficient (Wildman–Crippen LogP) is 4.43. The molecule has 0 N–H and O–H groups in total. The van der Waals surface area contributed by atoms with Gasteiger partial charge in [0, 0.05) is 0 Å². The number of ether oxygens (including phenoxy) is 2. The molecule has 2 aromatic rings. The molecule has 0 radical (unpaired) electrons. The van der Waals surface area contributed by atoms with Crippen LogP contribution < -0.4 is 0 Å². The van der Waals surface area contributed by atoms with Crippen molar-refractivity contribution in [3.63, 3.8) is 0 Å². The average molecular weight is 340 g/mol. The highest BCUT2D eigenvalue weighted by atomic mass is 16.5. The van der Waals surface area contributed by atoms with Crippen LogP contribution in [-0.4, -0.2) is 25.2 Å². The molecule has 0 aliphatic carbocycles. The summed E-state index contributed by atoms with van der Waals surface area (Å²) in [4.78, 5) is 24.4. The van der Waals surface area contributed by atoms with Crippen LogP contribution in [-0.2, 0) is 15.9 Å². The van der Waals surface area contributed by atoms with E-state index in [2.05, 4.69) is 0 Å². The SMILES string of the molecule is CCCCOC(=O)c1ccccc1C(=O)OCCCc1ccccc1. The molecular weight excluding hydrogens is 316 g/mol. The molecule has 0 aliphatic heterocycles. The van der Waals surface area contributed by atoms with Crippen LogP contribution in [0.15, 0.2) is 54.6 Å². The van der Waals surface area contributed by atoms with Gasteiger partial charge in [0.25, 0.3) is 0 Å². The van der Waals surface area contributed by atoms with E-state index in [9.17, 15) is 9.59 Å². The standard InChI is InChI=1S/C21H24O4/c1-2-3-15-24-20(22)18-13-7-8-14-19(18)21(23)25-16-9-12-17-10-5-4-6-11-17/h4-8,10-11,13-14H,2-3,9,12,15-16H2,1H3. The fourth-order valence-corrected chi connectivity index (χ4v) is 2.39. The van der Waals surface area contributed by atoms with E-state index in [1.165, 1.54) is 5.56 Å². The number of esters is 2. The van der Waals surface area contributed by atoms with Crippen LogP contribution in [0.5, 0.6) is 0 Å². The topological polar surface area (TPSA) is 52.6 Å². The molecule has 132 valence electrons. The third-order valence-corrected chi connectivity index (χ3v) is 3.78. The van der Waals surface area contributed by atoms with E-state index in [0.717, 1.165) is 25.7 Å². The van der Waals surface area contributed by atoms with Gasteiger partial charge in [-0.05, 0) is 37.0 Å². The van der Waals surface area contributed by atoms with Crippen molar-refractivity contribution in [2.45, 2.75) is 32.6 Å². The van der Waals surface area contributed by atoms with Crippen molar-refractivity contribution in [3.8, 4) is 0 Å². The Labute approximate surface area is 148 Å². The largest absolute Gasteiger partial charge is 0.462 e. The maximum atomic E-state index is 12.3. The zero-order valence-corrected chi connectivity index (χ0v) is 14.6. The summed E-state index contributed by atoms with van der Waals surface area (Å²) in [6.45, 7) is 2.69. The lowest BCUT2D eigenvalue weighted by Crippen LogP contribution is -2.15. The molecule has 0 atom stereocenters. The lowest BCUT2D eigenvalue weighted by molar-refractivity contribution is 0.0453. The highest BCUT2D eigenvalue weighted by molar-refractivity contribution is 6.03. The van der Waals surface area contributed by atoms with E-state index in [1.54, 1.807) is 24.3 Å². The van der Waals surface area contributed by atoms with Crippen LogP contribution in [0.1, 0.15) is 52.5 Å². The molecule has 0 saturated heterocycles. The van der Waals surface area contributed by atoms with Gasteiger partial charge in [0.05, 0.1) is 24.3 Å². The van der Waals surface area contributed by atoms with Gasteiger partial charge in [-0.1, -0.05) is 55.8 Å². The highest BCUT2D eigenvalue weighted by Gasteiger charge is 2.18. The third-order valence-electron chi connectivity index (χ3n) is 3.78. The molecular formula is C21H24O4. The Morgan fingerprint density at radius 1 is 0.760 bits per heavy atom. The Balaban J connectivity index is 1.87. The molecule has 0 heterocycles. The molecule has 0 aliphatic rings. The molecule has 0 saturated carbocycles. The van der Waals surface area contributed by atoms with Crippen LogP contribution >= 0.6 is 0 Å². The van der Waals surface area contributed by atoms with Crippen molar-refractivity contribution in [1.29, 1.82) is 0 Å². The fourth-order valence-electron chi connectivity index (χ4n) is 2.39. The van der Waals surface area contributed by atoms with Gasteiger partial charge in [0.15, 0.2) is 0 Å². The summed E-state index contributed by atoms with van der Waals surface area (Å²) in [5.41, 5.74) is 1.72. The molecule has 25 heavy (non-hydrogen) atoms. The Morgan fingerprint density at radius 2 is 1.28 bits per heavy atom. The third kappa shape index (κ3) is 6.07. The summed E-state index contributed by atoms with van der Waals surface area (Å²) in [5, 5.41) is 0. The Morgan fingerprint density at radius 3 is 1.84 bits per heavy atom. The first-order chi connectivity index (χ1) is 12.2. The lowest BCUT2D eigenvalue weighted by Gasteiger charge is -2.09. The maximum absolute atomic E-state index is 12.3. The molecule has 0 aromatic heterocycles. The Hall–Kier alpha value is -2.62. The number of rotatable bonds is 9. The highest BCUT2D eigenvalue weighted by Crippen LogP contribution is 2.13. The molecule has 0 unspecified atom stereocenters. The Bertz CT molecular complexity index is 679. The first-order valence-electron chi connectivity index (χ1n) is 8.69. The molecule has 2 rings (SSSR count). The van der Waals surface area contributed by atoms with Crippen LogP contribution in [0.25, 0.3) is 0 Å². The summed E-state index contributed by atoms with van der Waals surface area (Å²) in [6.07, 6.45) is 3.32. The van der Waals surface area contributed by atoms with E-state index in [4.69, 9.17) is 9.47 Å². The van der Waals surface area contributed by atoms with Crippen molar-refractivity contribution in [2.75, 3.05) is 13.2 Å². The second-order valence-electron chi connectivity index (χ2n) is 5.76. The summed E-state index contributed by atoms with van der Waals surface area (Å²) in [7, 11) is 0. The van der Waals surface area contributed by atoms with Crippen molar-refractivity contribution in [3.05, 3.63) is 71.3 Å². The van der Waals surface area contributed by atoms with Crippen LogP contribution in [0.4, 0.5) is 0 Å². The number of carbonyl (C=O) groups excluding carboxylic acids is 2. The first-order valence-corrected chi connectivity index (χ1v) is 8.69. The van der Waals surface area contributed by atoms with Gasteiger partial charge in [-0.2, -0.15) is 0 Å². The van der Waals surface area contributed by atoms with Crippen molar-refractivity contribution in [2.24, 2.45) is 0 Å². The summed E-state index contributed by atoms with van der Waals surface area (Å²) in [5.74, 6) is -0.971. The van der Waals surface area contributed by atoms with Gasteiger partial charge in [-0.3, -0.25) is 0 Å². The molecule has 0 spiro atoms. The maximum Gasteiger partial charge on any atom is 0.339 e. The van der Waals surface area contributed by atoms with E-state index in [1.807, 2.05) is 37.3 Å². The minimum atomic E-state index is -0.490. The number of hydrogen-bond acceptors (Lipinski definition) is 4. The van der Waals surface area contributed by atoms with Gasteiger partial charge < -0.3 is 9.47 Å². The zero-order valence-electron chi connectivity index (χ0n) is 14.6. The van der Waals surface area contributed by atoms with Crippen LogP contribution in [0.3, 0.4) is 0 Å². The molecule has 0 amide bonds. The van der Waals surface area contributed by atoms with Crippen LogP contribution in [0.2, 0.25) is 0 Å². The van der Waals surface area contributed by atoms with E-state index < -0.39 is 11.9 Å². The first kappa shape index (κ1) is 18.7. The van der Waals surface area contributed by atoms with Crippen molar-refractivity contribution in [1.82, 2.24) is 0 Å². The second kappa shape index (κ2) is 10.3. The van der Waals surface area contributed by atoms with E-state index >= 15 is 0 Å². The molecule has 0 bridgehead atoms. The minimum absolute atomic E-state index is 0.253. The fraction of sp³-hybridized carbons (Fsp3) is 0.333. The summed E-state index contributed by atoms with van der Waals surface area (Å²) in [6, 6.07) is 16.6. The van der Waals surface area contributed by atoms with Crippen molar-refractivity contribution < 1.29 is 19.1 Å². The molecule has 0 fully saturated rings. The monoisotopic (exact) mass is 340 g/mol. The quantitative estimate of drug-likeness (QED) is 0.500. The lowest BCUT2D eigenvalue weighted by atomic mass is 10.1. The smallest absolute Gasteiger partial charge is 0.339 e. The minimum Gasteiger partial charge on any atom is -0.462 e. The second-order valence-corrected chi connectivity index (χ2v) is 5.76. The number of unbranched alkanes of at least 4 members (excludes halogenated alkanes) is 1. The number of hydrogen-bond donors (Lipinski definition) is 0. The van der Waals surface area contributed by atoms with E-state index in [-0.39, 0.29) is 11.1 Å². The summed E-state index contributed by atoms with van der Waals surface area (Å²) < 4.78 is 10.5. The number of benzene rings is 2. The molecule has 4 heteroatoms. The van der Waals surface area contributed by atoms with Crippen molar-refractivity contribution >= 4 is 11.9 Å². The average Bonchev–Trinajstić information content (AvgIpc) is 2.66. The van der Waals surface area contributed by atoms with Gasteiger partial charge in [-0.25, -0.2) is 9.59 Å². The zero-order chi connectivity index (χ0) is 17.9. The van der Waals surface area contributed by atoms with Gasteiger partial charge in [0.2, 0.25) is 0 Å². The molecule has 2 aromatic carbocycles. The van der Waals surface area contributed by atoms with Gasteiger partial charge in [0.1, 0.15) is 0 Å². The predicted molar refractivity (Wildman–Crippen MR) is 96.7 cm³/mol. The summed E-state index contributed by atoms with van der Waals surface area (Å²) >= 11 is 0. The van der Waals surface area contributed by atoms with Crippen LogP contribution in [0, 0.1) is 0 Å². The number of aryl methyl sites for hydroxylation is 1. The normalized spacial score (nSPS) is 10.3. The van der Waals surface area contributed by atoms with Gasteiger partial charge in [-0.15, -0.1) is 0 Å². The van der Waals surface area contributed by atoms with Gasteiger partial charge >= 0.3 is 11.9 Å².